The first kappa shape index (κ1) is 12.8. The zero-order valence-corrected chi connectivity index (χ0v) is 9.03. The Balaban J connectivity index is 2.50. The second-order valence-electron chi connectivity index (χ2n) is 3.43. The van der Waals surface area contributed by atoms with Crippen LogP contribution in [0.1, 0.15) is 19.0 Å². The van der Waals surface area contributed by atoms with Gasteiger partial charge >= 0.3 is 0 Å². The highest BCUT2D eigenvalue weighted by molar-refractivity contribution is 5.34. The predicted molar refractivity (Wildman–Crippen MR) is 56.5 cm³/mol. The molecule has 90 valence electrons. The van der Waals surface area contributed by atoms with Gasteiger partial charge in [-0.05, 0) is 6.42 Å². The van der Waals surface area contributed by atoms with Gasteiger partial charge in [-0.3, -0.25) is 0 Å². The van der Waals surface area contributed by atoms with E-state index in [0.29, 0.717) is 5.82 Å². The fourth-order valence-electron chi connectivity index (χ4n) is 1.19. The highest BCUT2D eigenvalue weighted by Crippen LogP contribution is 2.07. The van der Waals surface area contributed by atoms with Crippen molar-refractivity contribution in [1.29, 1.82) is 0 Å². The third-order valence-corrected chi connectivity index (χ3v) is 2.01. The minimum absolute atomic E-state index is 0.222. The fourth-order valence-corrected chi connectivity index (χ4v) is 1.19. The number of aliphatic hydroxyl groups is 1. The lowest BCUT2D eigenvalue weighted by Gasteiger charge is -2.11. The van der Waals surface area contributed by atoms with Gasteiger partial charge in [-0.25, -0.2) is 18.7 Å². The maximum Gasteiger partial charge on any atom is 0.265 e. The Bertz CT molecular complexity index is 323. The van der Waals surface area contributed by atoms with Gasteiger partial charge in [0.15, 0.2) is 0 Å². The molecule has 0 aliphatic heterocycles. The van der Waals surface area contributed by atoms with E-state index in [9.17, 15) is 8.78 Å². The molecule has 0 amide bonds. The second-order valence-corrected chi connectivity index (χ2v) is 3.43. The van der Waals surface area contributed by atoms with Gasteiger partial charge < -0.3 is 10.4 Å². The number of aryl methyl sites for hydroxylation is 1. The molecule has 0 spiro atoms. The Kier molecular flexibility index (Phi) is 5.04. The third-order valence-electron chi connectivity index (χ3n) is 2.01. The van der Waals surface area contributed by atoms with Crippen LogP contribution in [0, 0.1) is 0 Å². The largest absolute Gasteiger partial charge is 0.385 e. The average Bonchev–Trinajstić information content (AvgIpc) is 2.26. The minimum Gasteiger partial charge on any atom is -0.385 e. The maximum absolute atomic E-state index is 12.0. The number of alkyl halides is 2. The van der Waals surface area contributed by atoms with Gasteiger partial charge in [0.05, 0.1) is 0 Å². The molecular formula is C10H15F2N3O. The summed E-state index contributed by atoms with van der Waals surface area (Å²) in [6.07, 6.45) is -1.28. The summed E-state index contributed by atoms with van der Waals surface area (Å²) in [4.78, 5) is 7.90. The summed E-state index contributed by atoms with van der Waals surface area (Å²) in [7, 11) is 0. The quantitative estimate of drug-likeness (QED) is 0.778. The lowest BCUT2D eigenvalue weighted by atomic mass is 10.2. The number of nitrogens with zero attached hydrogens (tertiary/aromatic N) is 2. The van der Waals surface area contributed by atoms with Crippen LogP contribution in [0.4, 0.5) is 14.6 Å². The lowest BCUT2D eigenvalue weighted by Crippen LogP contribution is -2.27. The zero-order valence-electron chi connectivity index (χ0n) is 9.03. The molecule has 6 heteroatoms. The molecule has 0 saturated carbocycles. The van der Waals surface area contributed by atoms with Crippen molar-refractivity contribution < 1.29 is 13.9 Å². The second kappa shape index (κ2) is 6.32. The Hall–Kier alpha value is -1.30. The van der Waals surface area contributed by atoms with Crippen LogP contribution in [-0.4, -0.2) is 34.1 Å². The Morgan fingerprint density at radius 2 is 2.19 bits per heavy atom. The van der Waals surface area contributed by atoms with Crippen molar-refractivity contribution in [3.05, 3.63) is 18.1 Å². The molecule has 16 heavy (non-hydrogen) atoms. The van der Waals surface area contributed by atoms with Gasteiger partial charge in [0.2, 0.25) is 0 Å². The van der Waals surface area contributed by atoms with Gasteiger partial charge in [0.1, 0.15) is 18.2 Å². The molecule has 1 rings (SSSR count). The smallest absolute Gasteiger partial charge is 0.265 e. The van der Waals surface area contributed by atoms with Crippen molar-refractivity contribution in [3.63, 3.8) is 0 Å². The van der Waals surface area contributed by atoms with E-state index in [2.05, 4.69) is 15.3 Å². The van der Waals surface area contributed by atoms with Crippen LogP contribution >= 0.6 is 0 Å². The van der Waals surface area contributed by atoms with Crippen LogP contribution in [0.5, 0.6) is 0 Å². The SMILES string of the molecule is CCCc1cc(NCC(O)C(F)F)ncn1. The lowest BCUT2D eigenvalue weighted by molar-refractivity contribution is 0.00380. The van der Waals surface area contributed by atoms with Gasteiger partial charge in [-0.1, -0.05) is 13.3 Å². The molecule has 1 unspecified atom stereocenters. The number of halogens is 2. The maximum atomic E-state index is 12.0. The molecule has 0 bridgehead atoms. The van der Waals surface area contributed by atoms with E-state index in [4.69, 9.17) is 5.11 Å². The minimum atomic E-state index is -2.75. The van der Waals surface area contributed by atoms with Crippen molar-refractivity contribution in [2.24, 2.45) is 0 Å². The summed E-state index contributed by atoms with van der Waals surface area (Å²) < 4.78 is 24.0. The number of anilines is 1. The number of aromatic nitrogens is 2. The van der Waals surface area contributed by atoms with Crippen LogP contribution in [0.15, 0.2) is 12.4 Å². The van der Waals surface area contributed by atoms with E-state index in [1.807, 2.05) is 6.92 Å². The van der Waals surface area contributed by atoms with E-state index < -0.39 is 12.5 Å². The van der Waals surface area contributed by atoms with Crippen LogP contribution in [0.2, 0.25) is 0 Å². The molecule has 1 aromatic rings. The molecule has 4 nitrogen and oxygen atoms in total. The van der Waals surface area contributed by atoms with Gasteiger partial charge in [0.25, 0.3) is 6.43 Å². The number of hydrogen-bond donors (Lipinski definition) is 2. The summed E-state index contributed by atoms with van der Waals surface area (Å²) in [6, 6.07) is 1.70. The standard InChI is InChI=1S/C10H15F2N3O/c1-2-3-7-4-9(15-6-14-7)13-5-8(16)10(11)12/h4,6,8,10,16H,2-3,5H2,1H3,(H,13,14,15). The topological polar surface area (TPSA) is 58.0 Å². The molecule has 0 aliphatic rings. The summed E-state index contributed by atoms with van der Waals surface area (Å²) in [5.41, 5.74) is 0.853. The molecule has 1 heterocycles. The van der Waals surface area contributed by atoms with Crippen LogP contribution in [0.3, 0.4) is 0 Å². The van der Waals surface area contributed by atoms with Crippen molar-refractivity contribution >= 4 is 5.82 Å². The van der Waals surface area contributed by atoms with E-state index in [-0.39, 0.29) is 6.54 Å². The normalized spacial score (nSPS) is 12.8. The number of nitrogens with one attached hydrogen (secondary N) is 1. The van der Waals surface area contributed by atoms with Crippen molar-refractivity contribution in [2.45, 2.75) is 32.3 Å². The molecule has 0 saturated heterocycles. The molecule has 2 N–H and O–H groups in total. The monoisotopic (exact) mass is 231 g/mol. The Morgan fingerprint density at radius 1 is 1.44 bits per heavy atom. The van der Waals surface area contributed by atoms with E-state index in [1.165, 1.54) is 6.33 Å². The van der Waals surface area contributed by atoms with Crippen molar-refractivity contribution in [3.8, 4) is 0 Å². The third kappa shape index (κ3) is 4.06. The Labute approximate surface area is 92.7 Å². The Morgan fingerprint density at radius 3 is 2.81 bits per heavy atom. The van der Waals surface area contributed by atoms with E-state index >= 15 is 0 Å². The summed E-state index contributed by atoms with van der Waals surface area (Å²) in [5.74, 6) is 0.457. The van der Waals surface area contributed by atoms with Crippen molar-refractivity contribution in [1.82, 2.24) is 9.97 Å². The van der Waals surface area contributed by atoms with E-state index in [1.54, 1.807) is 6.07 Å². The first-order chi connectivity index (χ1) is 7.63. The average molecular weight is 231 g/mol. The highest BCUT2D eigenvalue weighted by atomic mass is 19.3. The van der Waals surface area contributed by atoms with Crippen LogP contribution in [-0.2, 0) is 6.42 Å². The molecule has 0 radical (unpaired) electrons. The van der Waals surface area contributed by atoms with Crippen molar-refractivity contribution in [2.75, 3.05) is 11.9 Å². The zero-order chi connectivity index (χ0) is 12.0. The molecule has 0 aliphatic carbocycles. The molecular weight excluding hydrogens is 216 g/mol. The first-order valence-electron chi connectivity index (χ1n) is 5.14. The summed E-state index contributed by atoms with van der Waals surface area (Å²) in [5, 5.41) is 11.5. The fraction of sp³-hybridized carbons (Fsp3) is 0.600. The number of hydrogen-bond acceptors (Lipinski definition) is 4. The predicted octanol–water partition coefficient (Wildman–Crippen LogP) is 1.47. The van der Waals surface area contributed by atoms with Crippen LogP contribution in [0.25, 0.3) is 0 Å². The first-order valence-corrected chi connectivity index (χ1v) is 5.14. The number of aliphatic hydroxyl groups excluding tert-OH is 1. The number of rotatable bonds is 6. The van der Waals surface area contributed by atoms with Gasteiger partial charge in [-0.2, -0.15) is 0 Å². The summed E-state index contributed by atoms with van der Waals surface area (Å²) >= 11 is 0. The summed E-state index contributed by atoms with van der Waals surface area (Å²) in [6.45, 7) is 1.80. The molecule has 0 aromatic carbocycles. The van der Waals surface area contributed by atoms with E-state index in [0.717, 1.165) is 18.5 Å². The molecule has 0 fully saturated rings. The van der Waals surface area contributed by atoms with Gasteiger partial charge in [-0.15, -0.1) is 0 Å². The molecule has 1 aromatic heterocycles. The van der Waals surface area contributed by atoms with Crippen LogP contribution < -0.4 is 5.32 Å². The molecule has 1 atom stereocenters. The van der Waals surface area contributed by atoms with Gasteiger partial charge in [0, 0.05) is 18.3 Å². The highest BCUT2D eigenvalue weighted by Gasteiger charge is 2.16.